The Balaban J connectivity index is 1.41. The summed E-state index contributed by atoms with van der Waals surface area (Å²) in [6.07, 6.45) is 1.89. The van der Waals surface area contributed by atoms with Crippen molar-refractivity contribution in [2.45, 2.75) is 45.4 Å². The summed E-state index contributed by atoms with van der Waals surface area (Å²) in [5.41, 5.74) is 1.72. The van der Waals surface area contributed by atoms with Crippen LogP contribution in [-0.4, -0.2) is 89.9 Å². The number of anilines is 2. The number of hydrogen-bond acceptors (Lipinski definition) is 8. The van der Waals surface area contributed by atoms with Gasteiger partial charge in [0.15, 0.2) is 0 Å². The standard InChI is InChI=1S/C30H36F2N6O4/c1-30(2,3)42-29(40)38-6-5-23(18-38)36(4)28(39)20-13-24(33-16-19-11-21(31)15-22(32)12-19)27-25(14-20)34-17-26(35-27)37-7-9-41-10-8-37/h11-15,17,23,33H,5-10,16,18H2,1-4H3/t23-/m0/s1. The van der Waals surface area contributed by atoms with E-state index in [2.05, 4.69) is 15.2 Å². The average Bonchev–Trinajstić information content (AvgIpc) is 3.45. The van der Waals surface area contributed by atoms with Gasteiger partial charge in [-0.05, 0) is 57.0 Å². The van der Waals surface area contributed by atoms with Crippen molar-refractivity contribution in [3.05, 3.63) is 59.3 Å². The molecule has 42 heavy (non-hydrogen) atoms. The molecule has 0 aliphatic carbocycles. The number of amides is 2. The highest BCUT2D eigenvalue weighted by Crippen LogP contribution is 2.28. The lowest BCUT2D eigenvalue weighted by Gasteiger charge is -2.28. The van der Waals surface area contributed by atoms with Gasteiger partial charge in [-0.3, -0.25) is 9.78 Å². The second-order valence-corrected chi connectivity index (χ2v) is 11.6. The molecule has 2 aromatic carbocycles. The van der Waals surface area contributed by atoms with E-state index in [4.69, 9.17) is 14.5 Å². The molecule has 10 nitrogen and oxygen atoms in total. The van der Waals surface area contributed by atoms with Crippen molar-refractivity contribution < 1.29 is 27.8 Å². The molecular weight excluding hydrogens is 546 g/mol. The van der Waals surface area contributed by atoms with E-state index < -0.39 is 23.3 Å². The minimum Gasteiger partial charge on any atom is -0.444 e. The number of carbonyl (C=O) groups is 2. The first kappa shape index (κ1) is 29.4. The molecular formula is C30H36F2N6O4. The van der Waals surface area contributed by atoms with Crippen LogP contribution in [0, 0.1) is 11.6 Å². The lowest BCUT2D eigenvalue weighted by molar-refractivity contribution is 0.0279. The Morgan fingerprint density at radius 3 is 2.50 bits per heavy atom. The van der Waals surface area contributed by atoms with Crippen molar-refractivity contribution in [1.82, 2.24) is 19.8 Å². The molecule has 5 rings (SSSR count). The van der Waals surface area contributed by atoms with Crippen LogP contribution in [0.5, 0.6) is 0 Å². The van der Waals surface area contributed by atoms with Crippen molar-refractivity contribution in [2.75, 3.05) is 56.7 Å². The summed E-state index contributed by atoms with van der Waals surface area (Å²) in [7, 11) is 1.71. The first-order chi connectivity index (χ1) is 20.0. The van der Waals surface area contributed by atoms with E-state index in [0.29, 0.717) is 79.5 Å². The van der Waals surface area contributed by atoms with E-state index in [1.807, 2.05) is 20.8 Å². The Morgan fingerprint density at radius 2 is 1.81 bits per heavy atom. The lowest BCUT2D eigenvalue weighted by atomic mass is 10.1. The minimum atomic E-state index is -0.673. The fourth-order valence-corrected chi connectivity index (χ4v) is 5.14. The Hall–Kier alpha value is -4.06. The van der Waals surface area contributed by atoms with Crippen LogP contribution in [0.2, 0.25) is 0 Å². The summed E-state index contributed by atoms with van der Waals surface area (Å²) >= 11 is 0. The van der Waals surface area contributed by atoms with E-state index in [-0.39, 0.29) is 18.5 Å². The summed E-state index contributed by atoms with van der Waals surface area (Å²) in [5, 5.41) is 3.22. The fourth-order valence-electron chi connectivity index (χ4n) is 5.14. The number of likely N-dealkylation sites (N-methyl/N-ethyl adjacent to an activating group) is 1. The number of hydrogen-bond donors (Lipinski definition) is 1. The maximum atomic E-state index is 13.8. The third-order valence-electron chi connectivity index (χ3n) is 7.31. The van der Waals surface area contributed by atoms with Crippen molar-refractivity contribution in [3.8, 4) is 0 Å². The number of fused-ring (bicyclic) bond motifs is 1. The number of morpholine rings is 1. The SMILES string of the molecule is CN(C(=O)c1cc(NCc2cc(F)cc(F)c2)c2nc(N3CCOCC3)cnc2c1)[C@H]1CCN(C(=O)OC(C)(C)C)C1. The zero-order valence-corrected chi connectivity index (χ0v) is 24.3. The van der Waals surface area contributed by atoms with Crippen molar-refractivity contribution >= 4 is 34.5 Å². The van der Waals surface area contributed by atoms with Crippen LogP contribution in [0.25, 0.3) is 11.0 Å². The number of likely N-dealkylation sites (tertiary alicyclic amines) is 1. The van der Waals surface area contributed by atoms with Crippen LogP contribution >= 0.6 is 0 Å². The molecule has 3 heterocycles. The molecule has 2 amide bonds. The first-order valence-corrected chi connectivity index (χ1v) is 14.0. The van der Waals surface area contributed by atoms with Crippen molar-refractivity contribution in [3.63, 3.8) is 0 Å². The van der Waals surface area contributed by atoms with E-state index in [0.717, 1.165) is 6.07 Å². The third kappa shape index (κ3) is 6.87. The lowest BCUT2D eigenvalue weighted by Crippen LogP contribution is -2.41. The number of halogens is 2. The molecule has 2 fully saturated rings. The predicted molar refractivity (Wildman–Crippen MR) is 155 cm³/mol. The van der Waals surface area contributed by atoms with Crippen molar-refractivity contribution in [2.24, 2.45) is 0 Å². The number of nitrogens with zero attached hydrogens (tertiary/aromatic N) is 5. The molecule has 0 bridgehead atoms. The Kier molecular flexibility index (Phi) is 8.44. The summed E-state index contributed by atoms with van der Waals surface area (Å²) in [5.74, 6) is -0.913. The molecule has 2 aliphatic heterocycles. The predicted octanol–water partition coefficient (Wildman–Crippen LogP) is 4.44. The van der Waals surface area contributed by atoms with Gasteiger partial charge in [-0.2, -0.15) is 0 Å². The quantitative estimate of drug-likeness (QED) is 0.456. The number of rotatable bonds is 6. The molecule has 0 saturated carbocycles. The van der Waals surface area contributed by atoms with E-state index in [9.17, 15) is 18.4 Å². The molecule has 224 valence electrons. The Bertz CT molecular complexity index is 1450. The van der Waals surface area contributed by atoms with Crippen LogP contribution in [0.1, 0.15) is 43.1 Å². The maximum absolute atomic E-state index is 13.8. The number of aromatic nitrogens is 2. The van der Waals surface area contributed by atoms with Crippen molar-refractivity contribution in [1.29, 1.82) is 0 Å². The zero-order valence-electron chi connectivity index (χ0n) is 24.3. The van der Waals surface area contributed by atoms with Gasteiger partial charge in [0, 0.05) is 51.4 Å². The monoisotopic (exact) mass is 582 g/mol. The summed E-state index contributed by atoms with van der Waals surface area (Å²) < 4.78 is 38.6. The van der Waals surface area contributed by atoms with Gasteiger partial charge in [0.25, 0.3) is 5.91 Å². The van der Waals surface area contributed by atoms with Gasteiger partial charge in [0.1, 0.15) is 28.6 Å². The number of benzene rings is 2. The van der Waals surface area contributed by atoms with Crippen LogP contribution in [0.4, 0.5) is 25.1 Å². The second-order valence-electron chi connectivity index (χ2n) is 11.6. The van der Waals surface area contributed by atoms with Gasteiger partial charge in [0.2, 0.25) is 0 Å². The zero-order chi connectivity index (χ0) is 30.0. The van der Waals surface area contributed by atoms with Gasteiger partial charge in [-0.15, -0.1) is 0 Å². The fraction of sp³-hybridized carbons (Fsp3) is 0.467. The molecule has 0 unspecified atom stereocenters. The smallest absolute Gasteiger partial charge is 0.410 e. The molecule has 2 aliphatic rings. The topological polar surface area (TPSA) is 100 Å². The Morgan fingerprint density at radius 1 is 1.10 bits per heavy atom. The van der Waals surface area contributed by atoms with Crippen LogP contribution in [0.3, 0.4) is 0 Å². The summed E-state index contributed by atoms with van der Waals surface area (Å²) in [4.78, 5) is 41.0. The van der Waals surface area contributed by atoms with Crippen LogP contribution in [0.15, 0.2) is 36.5 Å². The maximum Gasteiger partial charge on any atom is 0.410 e. The van der Waals surface area contributed by atoms with Crippen LogP contribution in [-0.2, 0) is 16.0 Å². The van der Waals surface area contributed by atoms with Gasteiger partial charge >= 0.3 is 6.09 Å². The normalized spacial score (nSPS) is 17.4. The average molecular weight is 583 g/mol. The summed E-state index contributed by atoms with van der Waals surface area (Å²) in [6, 6.07) is 6.51. The van der Waals surface area contributed by atoms with E-state index >= 15 is 0 Å². The van der Waals surface area contributed by atoms with Crippen LogP contribution < -0.4 is 10.2 Å². The van der Waals surface area contributed by atoms with Gasteiger partial charge in [-0.1, -0.05) is 0 Å². The number of carbonyl (C=O) groups excluding carboxylic acids is 2. The second kappa shape index (κ2) is 12.0. The highest BCUT2D eigenvalue weighted by atomic mass is 19.1. The summed E-state index contributed by atoms with van der Waals surface area (Å²) in [6.45, 7) is 8.93. The molecule has 1 N–H and O–H groups in total. The molecule has 0 spiro atoms. The van der Waals surface area contributed by atoms with E-state index in [1.54, 1.807) is 35.2 Å². The largest absolute Gasteiger partial charge is 0.444 e. The molecule has 1 aromatic heterocycles. The number of ether oxygens (including phenoxy) is 2. The Labute approximate surface area is 243 Å². The molecule has 1 atom stereocenters. The van der Waals surface area contributed by atoms with E-state index in [1.165, 1.54) is 12.1 Å². The third-order valence-corrected chi connectivity index (χ3v) is 7.31. The highest BCUT2D eigenvalue weighted by molar-refractivity contribution is 6.01. The first-order valence-electron chi connectivity index (χ1n) is 14.0. The van der Waals surface area contributed by atoms with Gasteiger partial charge < -0.3 is 29.5 Å². The molecule has 3 aromatic rings. The van der Waals surface area contributed by atoms with Gasteiger partial charge in [-0.25, -0.2) is 18.6 Å². The number of nitrogens with one attached hydrogen (secondary N) is 1. The molecule has 2 saturated heterocycles. The minimum absolute atomic E-state index is 0.105. The molecule has 12 heteroatoms. The molecule has 0 radical (unpaired) electrons. The van der Waals surface area contributed by atoms with Gasteiger partial charge in [0.05, 0.1) is 36.7 Å². The highest BCUT2D eigenvalue weighted by Gasteiger charge is 2.34.